The van der Waals surface area contributed by atoms with Crippen molar-refractivity contribution in [1.29, 1.82) is 0 Å². The Bertz CT molecular complexity index is 459. The lowest BCUT2D eigenvalue weighted by Gasteiger charge is -2.25. The molecular formula is C17H24N2O. The van der Waals surface area contributed by atoms with E-state index in [9.17, 15) is 4.79 Å². The van der Waals surface area contributed by atoms with E-state index in [1.807, 2.05) is 18.2 Å². The molecule has 0 heterocycles. The number of rotatable bonds is 4. The number of carbonyl (C=O) groups excluding carboxylic acids is 1. The molecule has 1 aromatic rings. The zero-order valence-corrected chi connectivity index (χ0v) is 12.4. The van der Waals surface area contributed by atoms with Gasteiger partial charge < -0.3 is 0 Å². The summed E-state index contributed by atoms with van der Waals surface area (Å²) in [7, 11) is 0. The molecule has 20 heavy (non-hydrogen) atoms. The number of hydrogen-bond acceptors (Lipinski definition) is 2. The van der Waals surface area contributed by atoms with Crippen molar-refractivity contribution in [3.63, 3.8) is 0 Å². The lowest BCUT2D eigenvalue weighted by molar-refractivity contribution is 0.0954. The molecule has 1 saturated carbocycles. The Kier molecular flexibility index (Phi) is 5.33. The first kappa shape index (κ1) is 14.8. The van der Waals surface area contributed by atoms with Gasteiger partial charge in [0, 0.05) is 11.3 Å². The van der Waals surface area contributed by atoms with Gasteiger partial charge in [0.25, 0.3) is 5.91 Å². The molecule has 0 saturated heterocycles. The van der Waals surface area contributed by atoms with Gasteiger partial charge >= 0.3 is 0 Å². The summed E-state index contributed by atoms with van der Waals surface area (Å²) in [5.74, 6) is 0.800. The van der Waals surface area contributed by atoms with Crippen LogP contribution in [0.15, 0.2) is 35.4 Å². The summed E-state index contributed by atoms with van der Waals surface area (Å²) in [5, 5.41) is 4.44. The third kappa shape index (κ3) is 3.92. The van der Waals surface area contributed by atoms with Gasteiger partial charge in [-0.2, -0.15) is 5.10 Å². The van der Waals surface area contributed by atoms with Crippen molar-refractivity contribution in [3.05, 3.63) is 35.9 Å². The van der Waals surface area contributed by atoms with Gasteiger partial charge in [0.05, 0.1) is 0 Å². The topological polar surface area (TPSA) is 41.5 Å². The summed E-state index contributed by atoms with van der Waals surface area (Å²) in [4.78, 5) is 12.0. The summed E-state index contributed by atoms with van der Waals surface area (Å²) < 4.78 is 0. The van der Waals surface area contributed by atoms with Crippen LogP contribution >= 0.6 is 0 Å². The van der Waals surface area contributed by atoms with Gasteiger partial charge in [-0.15, -0.1) is 0 Å². The zero-order valence-electron chi connectivity index (χ0n) is 12.4. The molecule has 1 aliphatic rings. The van der Waals surface area contributed by atoms with Gasteiger partial charge in [-0.05, 0) is 36.8 Å². The van der Waals surface area contributed by atoms with E-state index in [0.717, 1.165) is 5.71 Å². The van der Waals surface area contributed by atoms with Crippen LogP contribution in [0.2, 0.25) is 0 Å². The van der Waals surface area contributed by atoms with Crippen LogP contribution in [0.25, 0.3) is 0 Å². The van der Waals surface area contributed by atoms with Crippen LogP contribution in [0.4, 0.5) is 0 Å². The normalized spacial score (nSPS) is 17.2. The number of hydrazone groups is 1. The number of nitrogens with one attached hydrogen (secondary N) is 1. The lowest BCUT2D eigenvalue weighted by atomic mass is 9.82. The predicted octanol–water partition coefficient (Wildman–Crippen LogP) is 4.01. The highest BCUT2D eigenvalue weighted by Gasteiger charge is 2.22. The predicted molar refractivity (Wildman–Crippen MR) is 82.8 cm³/mol. The SMILES string of the molecule is CC(C)/C(=N\NC(=O)c1ccccc1)C1CCCCC1. The van der Waals surface area contributed by atoms with Crippen molar-refractivity contribution >= 4 is 11.6 Å². The quantitative estimate of drug-likeness (QED) is 0.653. The van der Waals surface area contributed by atoms with Crippen molar-refractivity contribution in [1.82, 2.24) is 5.43 Å². The second kappa shape index (κ2) is 7.22. The molecule has 1 aliphatic carbocycles. The van der Waals surface area contributed by atoms with Crippen LogP contribution in [0.5, 0.6) is 0 Å². The van der Waals surface area contributed by atoms with Gasteiger partial charge in [0.2, 0.25) is 0 Å². The first-order valence-corrected chi connectivity index (χ1v) is 7.61. The lowest BCUT2D eigenvalue weighted by Crippen LogP contribution is -2.27. The molecule has 0 bridgehead atoms. The van der Waals surface area contributed by atoms with Gasteiger partial charge in [-0.25, -0.2) is 5.43 Å². The molecule has 0 spiro atoms. The molecule has 108 valence electrons. The average Bonchev–Trinajstić information content (AvgIpc) is 2.49. The van der Waals surface area contributed by atoms with E-state index in [1.54, 1.807) is 12.1 Å². The monoisotopic (exact) mass is 272 g/mol. The number of amides is 1. The average molecular weight is 272 g/mol. The summed E-state index contributed by atoms with van der Waals surface area (Å²) >= 11 is 0. The van der Waals surface area contributed by atoms with E-state index in [4.69, 9.17) is 0 Å². The number of nitrogens with zero attached hydrogens (tertiary/aromatic N) is 1. The second-order valence-corrected chi connectivity index (χ2v) is 5.83. The van der Waals surface area contributed by atoms with Crippen molar-refractivity contribution in [2.24, 2.45) is 16.9 Å². The molecule has 3 heteroatoms. The molecule has 1 N–H and O–H groups in total. The Balaban J connectivity index is 2.04. The Morgan fingerprint density at radius 2 is 1.80 bits per heavy atom. The molecule has 0 aromatic heterocycles. The highest BCUT2D eigenvalue weighted by Crippen LogP contribution is 2.27. The smallest absolute Gasteiger partial charge is 0.267 e. The number of carbonyl (C=O) groups is 1. The van der Waals surface area contributed by atoms with E-state index in [-0.39, 0.29) is 5.91 Å². The first-order chi connectivity index (χ1) is 9.68. The minimum atomic E-state index is -0.125. The number of hydrogen-bond donors (Lipinski definition) is 1. The fourth-order valence-electron chi connectivity index (χ4n) is 2.86. The second-order valence-electron chi connectivity index (χ2n) is 5.83. The van der Waals surface area contributed by atoms with Crippen LogP contribution in [0.3, 0.4) is 0 Å². The molecule has 0 atom stereocenters. The van der Waals surface area contributed by atoms with Crippen LogP contribution in [0.1, 0.15) is 56.3 Å². The van der Waals surface area contributed by atoms with Gasteiger partial charge in [-0.1, -0.05) is 51.3 Å². The minimum Gasteiger partial charge on any atom is -0.267 e. The van der Waals surface area contributed by atoms with Crippen molar-refractivity contribution in [2.75, 3.05) is 0 Å². The van der Waals surface area contributed by atoms with E-state index in [2.05, 4.69) is 24.4 Å². The highest BCUT2D eigenvalue weighted by atomic mass is 16.2. The molecule has 0 radical (unpaired) electrons. The summed E-state index contributed by atoms with van der Waals surface area (Å²) in [6, 6.07) is 9.24. The van der Waals surface area contributed by atoms with Crippen LogP contribution in [-0.4, -0.2) is 11.6 Å². The van der Waals surface area contributed by atoms with E-state index >= 15 is 0 Å². The largest absolute Gasteiger partial charge is 0.271 e. The van der Waals surface area contributed by atoms with E-state index < -0.39 is 0 Å². The molecule has 2 rings (SSSR count). The Morgan fingerprint density at radius 1 is 1.15 bits per heavy atom. The fraction of sp³-hybridized carbons (Fsp3) is 0.529. The third-order valence-corrected chi connectivity index (χ3v) is 3.94. The minimum absolute atomic E-state index is 0.125. The van der Waals surface area contributed by atoms with Crippen molar-refractivity contribution in [3.8, 4) is 0 Å². The molecule has 0 unspecified atom stereocenters. The maximum atomic E-state index is 12.0. The van der Waals surface area contributed by atoms with E-state index in [0.29, 0.717) is 17.4 Å². The fourth-order valence-corrected chi connectivity index (χ4v) is 2.86. The van der Waals surface area contributed by atoms with E-state index in [1.165, 1.54) is 32.1 Å². The van der Waals surface area contributed by atoms with Crippen LogP contribution < -0.4 is 5.43 Å². The number of benzene rings is 1. The molecular weight excluding hydrogens is 248 g/mol. The maximum Gasteiger partial charge on any atom is 0.271 e. The van der Waals surface area contributed by atoms with Crippen LogP contribution in [-0.2, 0) is 0 Å². The Hall–Kier alpha value is -1.64. The van der Waals surface area contributed by atoms with Gasteiger partial charge in [0.15, 0.2) is 0 Å². The third-order valence-electron chi connectivity index (χ3n) is 3.94. The van der Waals surface area contributed by atoms with Crippen molar-refractivity contribution in [2.45, 2.75) is 46.0 Å². The molecule has 0 aliphatic heterocycles. The molecule has 1 amide bonds. The van der Waals surface area contributed by atoms with Gasteiger partial charge in [0.1, 0.15) is 0 Å². The van der Waals surface area contributed by atoms with Gasteiger partial charge in [-0.3, -0.25) is 4.79 Å². The first-order valence-electron chi connectivity index (χ1n) is 7.61. The molecule has 3 nitrogen and oxygen atoms in total. The summed E-state index contributed by atoms with van der Waals surface area (Å²) in [5.41, 5.74) is 4.53. The summed E-state index contributed by atoms with van der Waals surface area (Å²) in [6.07, 6.45) is 6.31. The Labute approximate surface area is 121 Å². The maximum absolute atomic E-state index is 12.0. The van der Waals surface area contributed by atoms with Crippen molar-refractivity contribution < 1.29 is 4.79 Å². The molecule has 1 fully saturated rings. The van der Waals surface area contributed by atoms with Crippen LogP contribution in [0, 0.1) is 11.8 Å². The highest BCUT2D eigenvalue weighted by molar-refractivity contribution is 5.96. The molecule has 1 aromatic carbocycles. The standard InChI is InChI=1S/C17H24N2O/c1-13(2)16(14-9-5-3-6-10-14)18-19-17(20)15-11-7-4-8-12-15/h4,7-8,11-14H,3,5-6,9-10H2,1-2H3,(H,19,20)/b18-16+. The zero-order chi connectivity index (χ0) is 14.4. The Morgan fingerprint density at radius 3 is 2.40 bits per heavy atom. The summed E-state index contributed by atoms with van der Waals surface area (Å²) in [6.45, 7) is 4.31.